The number of carbonyl (C=O) groups excluding carboxylic acids is 1. The molecule has 2 heterocycles. The van der Waals surface area contributed by atoms with Crippen molar-refractivity contribution in [3.05, 3.63) is 83.1 Å². The molecule has 0 saturated carbocycles. The van der Waals surface area contributed by atoms with Crippen molar-refractivity contribution >= 4 is 33.2 Å². The van der Waals surface area contributed by atoms with E-state index in [1.54, 1.807) is 30.3 Å². The maximum atomic E-state index is 13.9. The third kappa shape index (κ3) is 5.58. The fourth-order valence-corrected chi connectivity index (χ4v) is 7.22. The van der Waals surface area contributed by atoms with Gasteiger partial charge in [-0.05, 0) is 92.8 Å². The first-order valence-electron chi connectivity index (χ1n) is 13.0. The molecular formula is C29H31ClFN3O3S. The van der Waals surface area contributed by atoms with Crippen LogP contribution in [0.25, 0.3) is 11.1 Å². The molecule has 3 aromatic rings. The second kappa shape index (κ2) is 11.4. The number of nitrogens with zero attached hydrogens (tertiary/aromatic N) is 2. The molecule has 0 aliphatic carbocycles. The fraction of sp³-hybridized carbons (Fsp3) is 0.345. The highest BCUT2D eigenvalue weighted by Gasteiger charge is 2.42. The number of likely N-dealkylation sites (tertiary alicyclic amines) is 1. The molecule has 1 saturated heterocycles. The Labute approximate surface area is 228 Å². The molecule has 1 N–H and O–H groups in total. The summed E-state index contributed by atoms with van der Waals surface area (Å²) < 4.78 is 42.4. The minimum Gasteiger partial charge on any atom is -0.354 e. The standard InChI is InChI=1S/C29H31ClFN3O3S/c30-26-20-23(31)11-14-25(26)21-9-12-24(13-10-21)38(36,37)34-27-8-2-1-7-22(27)19-28(34)29(35)32-15-3-4-16-33-17-5-6-18-33/h1-2,7-14,20,28H,3-6,15-19H2,(H,32,35)/t28-/m0/s1. The Morgan fingerprint density at radius 2 is 1.74 bits per heavy atom. The second-order valence-corrected chi connectivity index (χ2v) is 12.1. The fourth-order valence-electron chi connectivity index (χ4n) is 5.29. The van der Waals surface area contributed by atoms with Gasteiger partial charge in [-0.3, -0.25) is 9.10 Å². The van der Waals surface area contributed by atoms with E-state index in [2.05, 4.69) is 10.2 Å². The molecule has 38 heavy (non-hydrogen) atoms. The number of para-hydroxylation sites is 1. The summed E-state index contributed by atoms with van der Waals surface area (Å²) in [7, 11) is -4.04. The number of unbranched alkanes of at least 4 members (excludes halogenated alkanes) is 1. The van der Waals surface area contributed by atoms with Crippen molar-refractivity contribution in [3.63, 3.8) is 0 Å². The summed E-state index contributed by atoms with van der Waals surface area (Å²) in [5, 5.41) is 3.21. The van der Waals surface area contributed by atoms with Crippen LogP contribution in [0.2, 0.25) is 5.02 Å². The largest absolute Gasteiger partial charge is 0.354 e. The van der Waals surface area contributed by atoms with Gasteiger partial charge in [-0.2, -0.15) is 0 Å². The molecule has 6 nitrogen and oxygen atoms in total. The molecule has 1 atom stereocenters. The molecule has 200 valence electrons. The molecule has 0 spiro atoms. The first-order valence-corrected chi connectivity index (χ1v) is 14.8. The highest BCUT2D eigenvalue weighted by atomic mass is 35.5. The summed E-state index contributed by atoms with van der Waals surface area (Å²) in [6.45, 7) is 3.85. The van der Waals surface area contributed by atoms with Gasteiger partial charge in [0.15, 0.2) is 0 Å². The zero-order chi connectivity index (χ0) is 26.7. The van der Waals surface area contributed by atoms with E-state index in [1.165, 1.54) is 41.4 Å². The van der Waals surface area contributed by atoms with Crippen molar-refractivity contribution in [2.75, 3.05) is 30.5 Å². The van der Waals surface area contributed by atoms with Gasteiger partial charge >= 0.3 is 0 Å². The van der Waals surface area contributed by atoms with Crippen LogP contribution in [-0.2, 0) is 21.2 Å². The van der Waals surface area contributed by atoms with E-state index < -0.39 is 21.9 Å². The van der Waals surface area contributed by atoms with E-state index >= 15 is 0 Å². The quantitative estimate of drug-likeness (QED) is 0.366. The van der Waals surface area contributed by atoms with Gasteiger partial charge in [0.25, 0.3) is 10.0 Å². The lowest BCUT2D eigenvalue weighted by molar-refractivity contribution is -0.122. The number of halogens is 2. The molecule has 0 aromatic heterocycles. The lowest BCUT2D eigenvalue weighted by Gasteiger charge is -2.26. The number of anilines is 1. The molecule has 0 unspecified atom stereocenters. The van der Waals surface area contributed by atoms with Crippen molar-refractivity contribution in [2.45, 2.75) is 43.0 Å². The van der Waals surface area contributed by atoms with E-state index in [0.717, 1.165) is 38.0 Å². The Morgan fingerprint density at radius 3 is 2.47 bits per heavy atom. The van der Waals surface area contributed by atoms with E-state index in [1.807, 2.05) is 12.1 Å². The summed E-state index contributed by atoms with van der Waals surface area (Å²) in [5.41, 5.74) is 2.61. The molecule has 1 fully saturated rings. The predicted octanol–water partition coefficient (Wildman–Crippen LogP) is 5.26. The van der Waals surface area contributed by atoms with Crippen molar-refractivity contribution in [1.29, 1.82) is 0 Å². The first kappa shape index (κ1) is 26.7. The maximum absolute atomic E-state index is 13.9. The van der Waals surface area contributed by atoms with Crippen LogP contribution in [0.1, 0.15) is 31.2 Å². The van der Waals surface area contributed by atoms with Crippen LogP contribution in [0.4, 0.5) is 10.1 Å². The Bertz CT molecular complexity index is 1410. The van der Waals surface area contributed by atoms with Crippen molar-refractivity contribution in [2.24, 2.45) is 0 Å². The molecule has 2 aliphatic heterocycles. The van der Waals surface area contributed by atoms with Gasteiger partial charge in [-0.25, -0.2) is 12.8 Å². The number of hydrogen-bond acceptors (Lipinski definition) is 4. The van der Waals surface area contributed by atoms with Gasteiger partial charge in [0, 0.05) is 18.5 Å². The molecule has 5 rings (SSSR count). The number of hydrogen-bond donors (Lipinski definition) is 1. The van der Waals surface area contributed by atoms with Crippen molar-refractivity contribution in [1.82, 2.24) is 10.2 Å². The molecule has 0 radical (unpaired) electrons. The molecule has 0 bridgehead atoms. The summed E-state index contributed by atoms with van der Waals surface area (Å²) in [5.74, 6) is -0.734. The third-order valence-electron chi connectivity index (χ3n) is 7.28. The predicted molar refractivity (Wildman–Crippen MR) is 148 cm³/mol. The Hall–Kier alpha value is -2.94. The van der Waals surface area contributed by atoms with Gasteiger partial charge < -0.3 is 10.2 Å². The van der Waals surface area contributed by atoms with Crippen molar-refractivity contribution < 1.29 is 17.6 Å². The van der Waals surface area contributed by atoms with E-state index in [0.29, 0.717) is 29.8 Å². The summed E-state index contributed by atoms with van der Waals surface area (Å²) in [4.78, 5) is 15.8. The Morgan fingerprint density at radius 1 is 1.00 bits per heavy atom. The number of sulfonamides is 1. The SMILES string of the molecule is O=C(NCCCCN1CCCC1)[C@@H]1Cc2ccccc2N1S(=O)(=O)c1ccc(-c2ccc(F)cc2Cl)cc1. The van der Waals surface area contributed by atoms with Crippen LogP contribution in [0.3, 0.4) is 0 Å². The molecular weight excluding hydrogens is 525 g/mol. The minimum absolute atomic E-state index is 0.0691. The highest BCUT2D eigenvalue weighted by molar-refractivity contribution is 7.93. The van der Waals surface area contributed by atoms with Gasteiger partial charge in [0.05, 0.1) is 15.6 Å². The second-order valence-electron chi connectivity index (χ2n) is 9.84. The van der Waals surface area contributed by atoms with Gasteiger partial charge in [0.2, 0.25) is 5.91 Å². The van der Waals surface area contributed by atoms with Crippen molar-refractivity contribution in [3.8, 4) is 11.1 Å². The normalized spacial score (nSPS) is 17.5. The number of carbonyl (C=O) groups is 1. The van der Waals surface area contributed by atoms with E-state index in [9.17, 15) is 17.6 Å². The van der Waals surface area contributed by atoms with Crippen LogP contribution in [0.5, 0.6) is 0 Å². The molecule has 3 aromatic carbocycles. The van der Waals surface area contributed by atoms with E-state index in [4.69, 9.17) is 11.6 Å². The molecule has 9 heteroatoms. The van der Waals surface area contributed by atoms with Crippen LogP contribution in [0, 0.1) is 5.82 Å². The Kier molecular flexibility index (Phi) is 8.02. The number of amides is 1. The van der Waals surface area contributed by atoms with Crippen LogP contribution >= 0.6 is 11.6 Å². The number of fused-ring (bicyclic) bond motifs is 1. The first-order chi connectivity index (χ1) is 18.3. The number of nitrogens with one attached hydrogen (secondary N) is 1. The Balaban J connectivity index is 1.32. The van der Waals surface area contributed by atoms with E-state index in [-0.39, 0.29) is 15.8 Å². The number of rotatable bonds is 9. The zero-order valence-electron chi connectivity index (χ0n) is 21.1. The lowest BCUT2D eigenvalue weighted by atomic mass is 10.1. The highest BCUT2D eigenvalue weighted by Crippen LogP contribution is 2.37. The van der Waals surface area contributed by atoms with Crippen LogP contribution < -0.4 is 9.62 Å². The van der Waals surface area contributed by atoms with Crippen LogP contribution in [-0.4, -0.2) is 51.4 Å². The molecule has 1 amide bonds. The van der Waals surface area contributed by atoms with Gasteiger partial charge in [-0.1, -0.05) is 41.9 Å². The topological polar surface area (TPSA) is 69.7 Å². The average molecular weight is 556 g/mol. The smallest absolute Gasteiger partial charge is 0.265 e. The lowest BCUT2D eigenvalue weighted by Crippen LogP contribution is -2.48. The average Bonchev–Trinajstić information content (AvgIpc) is 3.57. The van der Waals surface area contributed by atoms with Gasteiger partial charge in [-0.15, -0.1) is 0 Å². The maximum Gasteiger partial charge on any atom is 0.265 e. The number of benzene rings is 3. The van der Waals surface area contributed by atoms with Crippen LogP contribution in [0.15, 0.2) is 71.6 Å². The summed E-state index contributed by atoms with van der Waals surface area (Å²) >= 11 is 6.19. The minimum atomic E-state index is -4.04. The summed E-state index contributed by atoms with van der Waals surface area (Å²) in [6.07, 6.45) is 4.68. The third-order valence-corrected chi connectivity index (χ3v) is 9.43. The zero-order valence-corrected chi connectivity index (χ0v) is 22.6. The summed E-state index contributed by atoms with van der Waals surface area (Å²) in [6, 6.07) is 16.7. The monoisotopic (exact) mass is 555 g/mol. The molecule has 2 aliphatic rings. The van der Waals surface area contributed by atoms with Gasteiger partial charge in [0.1, 0.15) is 11.9 Å².